The number of hydrogen-bond donors (Lipinski definition) is 0. The largest absolute Gasteiger partial charge is 0.461 e. The number of ether oxygens (including phenoxy) is 1. The molecule has 1 aliphatic rings. The van der Waals surface area contributed by atoms with Gasteiger partial charge in [0.2, 0.25) is 0 Å². The van der Waals surface area contributed by atoms with E-state index < -0.39 is 0 Å². The second kappa shape index (κ2) is 4.75. The van der Waals surface area contributed by atoms with Crippen molar-refractivity contribution in [2.75, 3.05) is 0 Å². The third-order valence-electron chi connectivity index (χ3n) is 4.90. The summed E-state index contributed by atoms with van der Waals surface area (Å²) >= 11 is 0. The van der Waals surface area contributed by atoms with Gasteiger partial charge >= 0.3 is 0 Å². The van der Waals surface area contributed by atoms with Crippen molar-refractivity contribution in [3.8, 4) is 5.75 Å². The van der Waals surface area contributed by atoms with Crippen LogP contribution in [0.3, 0.4) is 0 Å². The first-order chi connectivity index (χ1) is 11.8. The molecule has 2 heterocycles. The van der Waals surface area contributed by atoms with Crippen molar-refractivity contribution in [3.05, 3.63) is 79.1 Å². The lowest BCUT2D eigenvalue weighted by molar-refractivity contribution is 0.430. The van der Waals surface area contributed by atoms with Crippen LogP contribution in [-0.4, -0.2) is 0 Å². The molecule has 0 saturated heterocycles. The van der Waals surface area contributed by atoms with Crippen LogP contribution in [0.15, 0.2) is 77.9 Å². The van der Waals surface area contributed by atoms with Crippen LogP contribution in [0.25, 0.3) is 32.7 Å². The number of fused-ring (bicyclic) bond motifs is 6. The summed E-state index contributed by atoms with van der Waals surface area (Å²) in [7, 11) is 0. The van der Waals surface area contributed by atoms with E-state index in [-0.39, 0.29) is 5.92 Å². The fraction of sp³-hybridized carbons (Fsp3) is 0.0909. The molecule has 0 aliphatic carbocycles. The molecule has 0 bridgehead atoms. The monoisotopic (exact) mass is 312 g/mol. The summed E-state index contributed by atoms with van der Waals surface area (Å²) in [6.45, 7) is 7.92. The van der Waals surface area contributed by atoms with Crippen molar-refractivity contribution >= 4 is 32.7 Å². The molecular formula is C22H16O2. The van der Waals surface area contributed by atoms with Crippen molar-refractivity contribution in [3.63, 3.8) is 0 Å². The van der Waals surface area contributed by atoms with E-state index in [1.165, 1.54) is 5.56 Å². The predicted octanol–water partition coefficient (Wildman–Crippen LogP) is 6.31. The quantitative estimate of drug-likeness (QED) is 0.405. The van der Waals surface area contributed by atoms with Gasteiger partial charge in [-0.05, 0) is 36.1 Å². The minimum Gasteiger partial charge on any atom is -0.461 e. The van der Waals surface area contributed by atoms with Crippen LogP contribution in [-0.2, 0) is 0 Å². The molecule has 4 aromatic rings. The van der Waals surface area contributed by atoms with Crippen molar-refractivity contribution in [2.24, 2.45) is 0 Å². The summed E-state index contributed by atoms with van der Waals surface area (Å²) in [4.78, 5) is 0. The molecule has 24 heavy (non-hydrogen) atoms. The Bertz CT molecular complexity index is 1150. The van der Waals surface area contributed by atoms with E-state index in [0.29, 0.717) is 0 Å². The van der Waals surface area contributed by atoms with Gasteiger partial charge in [0.25, 0.3) is 0 Å². The maximum Gasteiger partial charge on any atom is 0.143 e. The van der Waals surface area contributed by atoms with Crippen molar-refractivity contribution < 1.29 is 9.15 Å². The maximum atomic E-state index is 6.16. The van der Waals surface area contributed by atoms with E-state index in [0.717, 1.165) is 50.6 Å². The summed E-state index contributed by atoms with van der Waals surface area (Å²) in [5.74, 6) is 1.86. The molecule has 2 nitrogen and oxygen atoms in total. The highest BCUT2D eigenvalue weighted by Crippen LogP contribution is 2.45. The van der Waals surface area contributed by atoms with Gasteiger partial charge in [-0.2, -0.15) is 0 Å². The second-order valence-corrected chi connectivity index (χ2v) is 6.30. The average Bonchev–Trinajstić information content (AvgIpc) is 3.11. The summed E-state index contributed by atoms with van der Waals surface area (Å²) in [6, 6.07) is 16.7. The normalized spacial score (nSPS) is 16.7. The Morgan fingerprint density at radius 3 is 2.75 bits per heavy atom. The Balaban J connectivity index is 1.86. The number of allylic oxidation sites excluding steroid dienone is 2. The molecule has 1 atom stereocenters. The summed E-state index contributed by atoms with van der Waals surface area (Å²) < 4.78 is 12.0. The topological polar surface area (TPSA) is 22.4 Å². The molecule has 116 valence electrons. The summed E-state index contributed by atoms with van der Waals surface area (Å²) in [6.07, 6.45) is 2.74. The molecule has 1 unspecified atom stereocenters. The zero-order valence-corrected chi connectivity index (χ0v) is 13.2. The van der Waals surface area contributed by atoms with Crippen molar-refractivity contribution in [1.82, 2.24) is 0 Å². The molecule has 1 aliphatic heterocycles. The van der Waals surface area contributed by atoms with Gasteiger partial charge in [0, 0.05) is 27.6 Å². The van der Waals surface area contributed by atoms with Gasteiger partial charge in [-0.3, -0.25) is 0 Å². The number of para-hydroxylation sites is 1. The van der Waals surface area contributed by atoms with Crippen LogP contribution in [0, 0.1) is 0 Å². The molecule has 1 aromatic heterocycles. The van der Waals surface area contributed by atoms with E-state index in [9.17, 15) is 0 Å². The Morgan fingerprint density at radius 1 is 1.00 bits per heavy atom. The van der Waals surface area contributed by atoms with E-state index in [1.54, 1.807) is 0 Å². The molecular weight excluding hydrogens is 296 g/mol. The van der Waals surface area contributed by atoms with Gasteiger partial charge in [-0.1, -0.05) is 36.9 Å². The van der Waals surface area contributed by atoms with E-state index >= 15 is 0 Å². The molecule has 0 saturated carbocycles. The van der Waals surface area contributed by atoms with E-state index in [4.69, 9.17) is 9.15 Å². The van der Waals surface area contributed by atoms with Gasteiger partial charge in [0.1, 0.15) is 22.7 Å². The van der Waals surface area contributed by atoms with Crippen LogP contribution < -0.4 is 4.74 Å². The second-order valence-electron chi connectivity index (χ2n) is 6.30. The fourth-order valence-electron chi connectivity index (χ4n) is 3.72. The zero-order valence-electron chi connectivity index (χ0n) is 13.2. The molecule has 2 heteroatoms. The van der Waals surface area contributed by atoms with E-state index in [2.05, 4.69) is 43.5 Å². The lowest BCUT2D eigenvalue weighted by Crippen LogP contribution is -1.95. The Morgan fingerprint density at radius 2 is 1.88 bits per heavy atom. The first kappa shape index (κ1) is 13.4. The number of hydrogen-bond acceptors (Lipinski definition) is 2. The van der Waals surface area contributed by atoms with Crippen LogP contribution >= 0.6 is 0 Å². The first-order valence-corrected chi connectivity index (χ1v) is 8.11. The zero-order chi connectivity index (χ0) is 16.3. The lowest BCUT2D eigenvalue weighted by atomic mass is 9.93. The Kier molecular flexibility index (Phi) is 2.66. The SMILES string of the molecule is C=CCC1C(=C)Oc2cc3ccc4c5ccccc5oc4c3cc21. The highest BCUT2D eigenvalue weighted by atomic mass is 16.5. The number of furan rings is 1. The standard InChI is InChI=1S/C22H16O2/c1-3-6-15-13(2)23-21-11-14-9-10-17-16-7-4-5-8-20(16)24-22(17)18(14)12-19(15)21/h3-5,7-12,15H,1-2,6H2. The summed E-state index contributed by atoms with van der Waals surface area (Å²) in [5.41, 5.74) is 3.02. The third kappa shape index (κ3) is 1.71. The first-order valence-electron chi connectivity index (χ1n) is 8.11. The van der Waals surface area contributed by atoms with Crippen LogP contribution in [0.4, 0.5) is 0 Å². The fourth-order valence-corrected chi connectivity index (χ4v) is 3.72. The highest BCUT2D eigenvalue weighted by Gasteiger charge is 2.28. The lowest BCUT2D eigenvalue weighted by Gasteiger charge is -2.07. The average molecular weight is 312 g/mol. The van der Waals surface area contributed by atoms with Crippen LogP contribution in [0.1, 0.15) is 17.9 Å². The highest BCUT2D eigenvalue weighted by molar-refractivity contribution is 6.15. The van der Waals surface area contributed by atoms with Gasteiger partial charge in [-0.15, -0.1) is 6.58 Å². The van der Waals surface area contributed by atoms with Gasteiger partial charge < -0.3 is 9.15 Å². The molecule has 0 fully saturated rings. The third-order valence-corrected chi connectivity index (χ3v) is 4.90. The molecule has 0 amide bonds. The smallest absolute Gasteiger partial charge is 0.143 e. The van der Waals surface area contributed by atoms with Gasteiger partial charge in [0.15, 0.2) is 0 Å². The van der Waals surface area contributed by atoms with Crippen LogP contribution in [0.2, 0.25) is 0 Å². The minimum absolute atomic E-state index is 0.168. The Labute approximate surface area is 139 Å². The number of rotatable bonds is 2. The Hall–Kier alpha value is -3.00. The molecule has 5 rings (SSSR count). The predicted molar refractivity (Wildman–Crippen MR) is 98.5 cm³/mol. The number of benzene rings is 3. The van der Waals surface area contributed by atoms with Crippen molar-refractivity contribution in [2.45, 2.75) is 12.3 Å². The van der Waals surface area contributed by atoms with E-state index in [1.807, 2.05) is 24.3 Å². The maximum absolute atomic E-state index is 6.16. The molecule has 0 spiro atoms. The van der Waals surface area contributed by atoms with Crippen molar-refractivity contribution in [1.29, 1.82) is 0 Å². The molecule has 3 aromatic carbocycles. The van der Waals surface area contributed by atoms with Gasteiger partial charge in [-0.25, -0.2) is 0 Å². The minimum atomic E-state index is 0.168. The molecule has 0 N–H and O–H groups in total. The summed E-state index contributed by atoms with van der Waals surface area (Å²) in [5, 5.41) is 4.54. The molecule has 0 radical (unpaired) electrons. The van der Waals surface area contributed by atoms with Crippen LogP contribution in [0.5, 0.6) is 5.75 Å². The van der Waals surface area contributed by atoms with Gasteiger partial charge in [0.05, 0.1) is 0 Å².